The minimum absolute atomic E-state index is 0.158. The fraction of sp³-hybridized carbons (Fsp3) is 0.125. The van der Waals surface area contributed by atoms with E-state index in [0.29, 0.717) is 11.1 Å². The standard InChI is InChI=1S/C16H15NO3/c1-10(18)14-12(11-6-4-3-5-7-11)8-9-13(15(14)17)16(19)20-2/h3-9H,17H2,1-2H3. The molecule has 0 amide bonds. The van der Waals surface area contributed by atoms with E-state index in [1.165, 1.54) is 14.0 Å². The molecule has 4 heteroatoms. The summed E-state index contributed by atoms with van der Waals surface area (Å²) in [5, 5.41) is 0. The average molecular weight is 269 g/mol. The lowest BCUT2D eigenvalue weighted by Crippen LogP contribution is -2.11. The van der Waals surface area contributed by atoms with E-state index in [2.05, 4.69) is 4.74 Å². The molecule has 2 aromatic carbocycles. The molecule has 102 valence electrons. The Morgan fingerprint density at radius 2 is 1.70 bits per heavy atom. The van der Waals surface area contributed by atoms with Crippen LogP contribution in [0.4, 0.5) is 5.69 Å². The third-order valence-electron chi connectivity index (χ3n) is 3.09. The topological polar surface area (TPSA) is 69.4 Å². The fourth-order valence-electron chi connectivity index (χ4n) is 2.15. The highest BCUT2D eigenvalue weighted by Gasteiger charge is 2.19. The summed E-state index contributed by atoms with van der Waals surface area (Å²) in [5.41, 5.74) is 8.27. The maximum absolute atomic E-state index is 11.9. The van der Waals surface area contributed by atoms with E-state index >= 15 is 0 Å². The van der Waals surface area contributed by atoms with Gasteiger partial charge in [-0.2, -0.15) is 0 Å². The highest BCUT2D eigenvalue weighted by atomic mass is 16.5. The number of nitrogen functional groups attached to an aromatic ring is 1. The maximum Gasteiger partial charge on any atom is 0.339 e. The first kappa shape index (κ1) is 13.8. The molecule has 0 bridgehead atoms. The van der Waals surface area contributed by atoms with Crippen LogP contribution in [0.25, 0.3) is 11.1 Å². The molecule has 0 saturated heterocycles. The third kappa shape index (κ3) is 2.40. The fourth-order valence-corrected chi connectivity index (χ4v) is 2.15. The normalized spacial score (nSPS) is 10.1. The number of anilines is 1. The molecule has 0 fully saturated rings. The van der Waals surface area contributed by atoms with E-state index in [9.17, 15) is 9.59 Å². The zero-order valence-electron chi connectivity index (χ0n) is 11.3. The van der Waals surface area contributed by atoms with Crippen LogP contribution in [0.15, 0.2) is 42.5 Å². The number of hydrogen-bond donors (Lipinski definition) is 1. The average Bonchev–Trinajstić information content (AvgIpc) is 2.46. The number of rotatable bonds is 3. The number of carbonyl (C=O) groups excluding carboxylic acids is 2. The maximum atomic E-state index is 11.9. The number of ketones is 1. The minimum Gasteiger partial charge on any atom is -0.465 e. The van der Waals surface area contributed by atoms with Crippen molar-refractivity contribution in [1.82, 2.24) is 0 Å². The van der Waals surface area contributed by atoms with Gasteiger partial charge in [-0.05, 0) is 24.1 Å². The highest BCUT2D eigenvalue weighted by Crippen LogP contribution is 2.31. The zero-order valence-corrected chi connectivity index (χ0v) is 11.3. The van der Waals surface area contributed by atoms with Gasteiger partial charge in [0.1, 0.15) is 0 Å². The van der Waals surface area contributed by atoms with Gasteiger partial charge < -0.3 is 10.5 Å². The van der Waals surface area contributed by atoms with Crippen molar-refractivity contribution >= 4 is 17.4 Å². The van der Waals surface area contributed by atoms with Crippen molar-refractivity contribution in [3.05, 3.63) is 53.6 Å². The lowest BCUT2D eigenvalue weighted by atomic mass is 9.93. The van der Waals surface area contributed by atoms with E-state index in [1.54, 1.807) is 12.1 Å². The monoisotopic (exact) mass is 269 g/mol. The second-order valence-corrected chi connectivity index (χ2v) is 4.36. The molecular formula is C16H15NO3. The highest BCUT2D eigenvalue weighted by molar-refractivity contribution is 6.10. The second kappa shape index (κ2) is 5.57. The number of benzene rings is 2. The summed E-state index contributed by atoms with van der Waals surface area (Å²) < 4.78 is 4.67. The molecule has 2 rings (SSSR count). The summed E-state index contributed by atoms with van der Waals surface area (Å²) in [5.74, 6) is -0.739. The molecule has 0 unspecified atom stereocenters. The number of esters is 1. The Morgan fingerprint density at radius 3 is 2.25 bits per heavy atom. The number of carbonyl (C=O) groups is 2. The largest absolute Gasteiger partial charge is 0.465 e. The summed E-state index contributed by atoms with van der Waals surface area (Å²) in [6.07, 6.45) is 0. The van der Waals surface area contributed by atoms with Gasteiger partial charge in [-0.3, -0.25) is 4.79 Å². The van der Waals surface area contributed by atoms with Gasteiger partial charge in [-0.25, -0.2) is 4.79 Å². The Balaban J connectivity index is 2.69. The molecule has 20 heavy (non-hydrogen) atoms. The van der Waals surface area contributed by atoms with Crippen molar-refractivity contribution in [2.75, 3.05) is 12.8 Å². The van der Waals surface area contributed by atoms with Crippen molar-refractivity contribution in [3.8, 4) is 11.1 Å². The predicted octanol–water partition coefficient (Wildman–Crippen LogP) is 2.93. The molecule has 0 atom stereocenters. The van der Waals surface area contributed by atoms with Crippen molar-refractivity contribution in [2.24, 2.45) is 0 Å². The predicted molar refractivity (Wildman–Crippen MR) is 77.6 cm³/mol. The minimum atomic E-state index is -0.551. The van der Waals surface area contributed by atoms with Crippen LogP contribution in [0.5, 0.6) is 0 Å². The van der Waals surface area contributed by atoms with Crippen LogP contribution >= 0.6 is 0 Å². The Morgan fingerprint density at radius 1 is 1.05 bits per heavy atom. The molecule has 0 aromatic heterocycles. The van der Waals surface area contributed by atoms with Crippen molar-refractivity contribution < 1.29 is 14.3 Å². The van der Waals surface area contributed by atoms with Gasteiger partial charge in [-0.15, -0.1) is 0 Å². The van der Waals surface area contributed by atoms with E-state index in [4.69, 9.17) is 5.73 Å². The van der Waals surface area contributed by atoms with Crippen molar-refractivity contribution in [3.63, 3.8) is 0 Å². The second-order valence-electron chi connectivity index (χ2n) is 4.36. The summed E-state index contributed by atoms with van der Waals surface area (Å²) in [4.78, 5) is 23.5. The molecule has 0 aliphatic rings. The van der Waals surface area contributed by atoms with E-state index in [-0.39, 0.29) is 17.0 Å². The number of hydrogen-bond acceptors (Lipinski definition) is 4. The van der Waals surface area contributed by atoms with E-state index in [0.717, 1.165) is 5.56 Å². The van der Waals surface area contributed by atoms with Crippen LogP contribution in [0.2, 0.25) is 0 Å². The summed E-state index contributed by atoms with van der Waals surface area (Å²) in [6, 6.07) is 12.7. The first-order valence-corrected chi connectivity index (χ1v) is 6.13. The van der Waals surface area contributed by atoms with Gasteiger partial charge in [0.05, 0.1) is 18.4 Å². The number of ether oxygens (including phenoxy) is 1. The smallest absolute Gasteiger partial charge is 0.339 e. The third-order valence-corrected chi connectivity index (χ3v) is 3.09. The van der Waals surface area contributed by atoms with Crippen LogP contribution < -0.4 is 5.73 Å². The summed E-state index contributed by atoms with van der Waals surface area (Å²) in [7, 11) is 1.28. The number of Topliss-reactive ketones (excluding diaryl/α,β-unsaturated/α-hetero) is 1. The molecule has 0 aliphatic heterocycles. The van der Waals surface area contributed by atoms with Crippen LogP contribution in [0.1, 0.15) is 27.6 Å². The van der Waals surface area contributed by atoms with Crippen LogP contribution in [-0.4, -0.2) is 18.9 Å². The number of methoxy groups -OCH3 is 1. The Bertz CT molecular complexity index is 663. The van der Waals surface area contributed by atoms with Gasteiger partial charge in [0.2, 0.25) is 0 Å². The SMILES string of the molecule is COC(=O)c1ccc(-c2ccccc2)c(C(C)=O)c1N. The van der Waals surface area contributed by atoms with Gasteiger partial charge in [0.25, 0.3) is 0 Å². The molecule has 0 aliphatic carbocycles. The molecule has 0 heterocycles. The Hall–Kier alpha value is -2.62. The van der Waals surface area contributed by atoms with E-state index < -0.39 is 5.97 Å². The molecule has 4 nitrogen and oxygen atoms in total. The molecule has 0 radical (unpaired) electrons. The van der Waals surface area contributed by atoms with Crippen molar-refractivity contribution in [2.45, 2.75) is 6.92 Å². The van der Waals surface area contributed by atoms with Gasteiger partial charge >= 0.3 is 5.97 Å². The lowest BCUT2D eigenvalue weighted by molar-refractivity contribution is 0.0602. The Labute approximate surface area is 117 Å². The first-order valence-electron chi connectivity index (χ1n) is 6.13. The Kier molecular flexibility index (Phi) is 3.84. The van der Waals surface area contributed by atoms with Crippen LogP contribution in [0.3, 0.4) is 0 Å². The molecular weight excluding hydrogens is 254 g/mol. The zero-order chi connectivity index (χ0) is 14.7. The summed E-state index contributed by atoms with van der Waals surface area (Å²) in [6.45, 7) is 1.43. The summed E-state index contributed by atoms with van der Waals surface area (Å²) >= 11 is 0. The van der Waals surface area contributed by atoms with E-state index in [1.807, 2.05) is 30.3 Å². The van der Waals surface area contributed by atoms with Gasteiger partial charge in [0, 0.05) is 5.56 Å². The first-order chi connectivity index (χ1) is 9.56. The van der Waals surface area contributed by atoms with Crippen LogP contribution in [0, 0.1) is 0 Å². The van der Waals surface area contributed by atoms with Crippen LogP contribution in [-0.2, 0) is 4.74 Å². The molecule has 2 N–H and O–H groups in total. The molecule has 0 saturated carbocycles. The van der Waals surface area contributed by atoms with Gasteiger partial charge in [-0.1, -0.05) is 36.4 Å². The van der Waals surface area contributed by atoms with Gasteiger partial charge in [0.15, 0.2) is 5.78 Å². The lowest BCUT2D eigenvalue weighted by Gasteiger charge is -2.13. The number of nitrogens with two attached hydrogens (primary N) is 1. The molecule has 2 aromatic rings. The quantitative estimate of drug-likeness (QED) is 0.528. The molecule has 0 spiro atoms. The van der Waals surface area contributed by atoms with Crippen molar-refractivity contribution in [1.29, 1.82) is 0 Å².